The second-order valence-electron chi connectivity index (χ2n) is 4.05. The molecule has 0 unspecified atom stereocenters. The summed E-state index contributed by atoms with van der Waals surface area (Å²) in [7, 11) is 0. The first-order chi connectivity index (χ1) is 8.54. The van der Waals surface area contributed by atoms with Crippen LogP contribution in [0.25, 0.3) is 10.5 Å². The minimum absolute atomic E-state index is 0.0579. The quantitative estimate of drug-likeness (QED) is 0.705. The third-order valence-electron chi connectivity index (χ3n) is 2.78. The van der Waals surface area contributed by atoms with Gasteiger partial charge in [-0.05, 0) is 43.7 Å². The molecule has 2 rings (SSSR count). The smallest absolute Gasteiger partial charge is 0.261 e. The van der Waals surface area contributed by atoms with Gasteiger partial charge in [-0.3, -0.25) is 9.36 Å². The van der Waals surface area contributed by atoms with Crippen LogP contribution in [-0.4, -0.2) is 4.57 Å². The van der Waals surface area contributed by atoms with Gasteiger partial charge in [0.05, 0.1) is 6.57 Å². The van der Waals surface area contributed by atoms with E-state index in [-0.39, 0.29) is 17.1 Å². The fourth-order valence-electron chi connectivity index (χ4n) is 1.79. The molecule has 0 atom stereocenters. The minimum atomic E-state index is -0.379. The largest absolute Gasteiger partial charge is 0.290 e. The van der Waals surface area contributed by atoms with Gasteiger partial charge in [-0.1, -0.05) is 6.07 Å². The molecule has 0 fully saturated rings. The molecule has 0 saturated heterocycles. The predicted octanol–water partition coefficient (Wildman–Crippen LogP) is 3.14. The molecule has 1 heterocycles. The highest BCUT2D eigenvalue weighted by molar-refractivity contribution is 5.47. The van der Waals surface area contributed by atoms with Gasteiger partial charge in [0.25, 0.3) is 11.2 Å². The van der Waals surface area contributed by atoms with Crippen LogP contribution in [0.3, 0.4) is 0 Å². The lowest BCUT2D eigenvalue weighted by Gasteiger charge is -2.11. The predicted molar refractivity (Wildman–Crippen MR) is 67.7 cm³/mol. The van der Waals surface area contributed by atoms with Crippen LogP contribution >= 0.6 is 0 Å². The van der Waals surface area contributed by atoms with Gasteiger partial charge in [0.1, 0.15) is 5.82 Å². The summed E-state index contributed by atoms with van der Waals surface area (Å²) >= 11 is 0. The van der Waals surface area contributed by atoms with Gasteiger partial charge >= 0.3 is 0 Å². The second-order valence-corrected chi connectivity index (χ2v) is 4.05. The van der Waals surface area contributed by atoms with Gasteiger partial charge < -0.3 is 0 Å². The Kier molecular flexibility index (Phi) is 2.99. The van der Waals surface area contributed by atoms with Crippen molar-refractivity contribution in [2.45, 2.75) is 13.8 Å². The Labute approximate surface area is 104 Å². The molecule has 4 heteroatoms. The molecule has 90 valence electrons. The molecule has 0 amide bonds. The number of halogens is 1. The van der Waals surface area contributed by atoms with Crippen LogP contribution in [-0.2, 0) is 0 Å². The fraction of sp³-hybridized carbons (Fsp3) is 0.143. The normalized spacial score (nSPS) is 10.1. The molecule has 3 nitrogen and oxygen atoms in total. The van der Waals surface area contributed by atoms with Crippen LogP contribution in [0.4, 0.5) is 10.1 Å². The van der Waals surface area contributed by atoms with Crippen LogP contribution in [0.1, 0.15) is 11.3 Å². The Hall–Kier alpha value is -2.41. The zero-order valence-corrected chi connectivity index (χ0v) is 10.1. The molecule has 0 N–H and O–H groups in total. The van der Waals surface area contributed by atoms with Crippen molar-refractivity contribution in [2.24, 2.45) is 0 Å². The third-order valence-corrected chi connectivity index (χ3v) is 2.78. The van der Waals surface area contributed by atoms with Gasteiger partial charge in [0, 0.05) is 11.4 Å². The Bertz CT molecular complexity index is 711. The van der Waals surface area contributed by atoms with E-state index in [0.717, 1.165) is 0 Å². The number of pyridine rings is 1. The highest BCUT2D eigenvalue weighted by Gasteiger charge is 2.09. The molecule has 0 aliphatic rings. The molecule has 0 radical (unpaired) electrons. The topological polar surface area (TPSA) is 26.4 Å². The van der Waals surface area contributed by atoms with Crippen LogP contribution in [0.5, 0.6) is 0 Å². The first-order valence-corrected chi connectivity index (χ1v) is 5.41. The molecule has 0 aliphatic heterocycles. The minimum Gasteiger partial charge on any atom is -0.290 e. The van der Waals surface area contributed by atoms with Crippen molar-refractivity contribution in [1.29, 1.82) is 0 Å². The lowest BCUT2D eigenvalue weighted by molar-refractivity contribution is 0.618. The molecule has 0 saturated carbocycles. The Morgan fingerprint density at radius 1 is 1.22 bits per heavy atom. The van der Waals surface area contributed by atoms with Crippen molar-refractivity contribution in [3.63, 3.8) is 0 Å². The number of benzene rings is 1. The van der Waals surface area contributed by atoms with Crippen molar-refractivity contribution in [2.75, 3.05) is 0 Å². The highest BCUT2D eigenvalue weighted by atomic mass is 19.1. The average Bonchev–Trinajstić information content (AvgIpc) is 2.34. The fourth-order valence-corrected chi connectivity index (χ4v) is 1.79. The molecular weight excluding hydrogens is 231 g/mol. The molecule has 0 spiro atoms. The van der Waals surface area contributed by atoms with E-state index >= 15 is 0 Å². The molecule has 1 aromatic heterocycles. The van der Waals surface area contributed by atoms with Crippen molar-refractivity contribution < 1.29 is 4.39 Å². The van der Waals surface area contributed by atoms with E-state index in [9.17, 15) is 9.18 Å². The summed E-state index contributed by atoms with van der Waals surface area (Å²) in [5.74, 6) is -0.314. The average molecular weight is 242 g/mol. The van der Waals surface area contributed by atoms with Crippen molar-refractivity contribution >= 4 is 5.69 Å². The molecular formula is C14H11FN2O. The van der Waals surface area contributed by atoms with Crippen LogP contribution in [0.2, 0.25) is 0 Å². The Balaban J connectivity index is 2.75. The lowest BCUT2D eigenvalue weighted by atomic mass is 10.2. The molecule has 2 aromatic rings. The highest BCUT2D eigenvalue weighted by Crippen LogP contribution is 2.15. The summed E-state index contributed by atoms with van der Waals surface area (Å²) in [5, 5.41) is 0. The van der Waals surface area contributed by atoms with Crippen LogP contribution in [0, 0.1) is 26.2 Å². The van der Waals surface area contributed by atoms with Gasteiger partial charge in [0.2, 0.25) is 0 Å². The monoisotopic (exact) mass is 242 g/mol. The van der Waals surface area contributed by atoms with Crippen molar-refractivity contribution in [3.05, 3.63) is 69.2 Å². The molecule has 0 aliphatic carbocycles. The maximum absolute atomic E-state index is 13.2. The second kappa shape index (κ2) is 4.46. The van der Waals surface area contributed by atoms with Gasteiger partial charge in [-0.25, -0.2) is 9.24 Å². The maximum atomic E-state index is 13.2. The third kappa shape index (κ3) is 1.91. The number of aryl methyl sites for hydroxylation is 2. The van der Waals surface area contributed by atoms with Gasteiger partial charge in [0.15, 0.2) is 0 Å². The number of rotatable bonds is 1. The van der Waals surface area contributed by atoms with E-state index in [4.69, 9.17) is 6.57 Å². The van der Waals surface area contributed by atoms with E-state index in [1.807, 2.05) is 0 Å². The lowest BCUT2D eigenvalue weighted by Crippen LogP contribution is -2.19. The summed E-state index contributed by atoms with van der Waals surface area (Å²) in [6.07, 6.45) is 0. The maximum Gasteiger partial charge on any atom is 0.261 e. The van der Waals surface area contributed by atoms with Crippen LogP contribution < -0.4 is 5.56 Å². The van der Waals surface area contributed by atoms with Crippen molar-refractivity contribution in [3.8, 4) is 5.69 Å². The number of hydrogen-bond donors (Lipinski definition) is 0. The number of nitrogens with zero attached hydrogens (tertiary/aromatic N) is 2. The first-order valence-electron chi connectivity index (χ1n) is 5.41. The van der Waals surface area contributed by atoms with Gasteiger partial charge in [-0.2, -0.15) is 0 Å². The van der Waals surface area contributed by atoms with Crippen LogP contribution in [0.15, 0.2) is 35.1 Å². The van der Waals surface area contributed by atoms with E-state index in [0.29, 0.717) is 16.9 Å². The molecule has 18 heavy (non-hydrogen) atoms. The van der Waals surface area contributed by atoms with E-state index in [2.05, 4.69) is 4.85 Å². The SMILES string of the molecule is [C-]#[N+]c1ccc(C)n(-c2ccc(F)c(C)c2)c1=O. The summed E-state index contributed by atoms with van der Waals surface area (Å²) in [6, 6.07) is 7.65. The zero-order chi connectivity index (χ0) is 13.3. The zero-order valence-electron chi connectivity index (χ0n) is 10.1. The summed E-state index contributed by atoms with van der Waals surface area (Å²) in [6.45, 7) is 10.4. The van der Waals surface area contributed by atoms with Crippen molar-refractivity contribution in [1.82, 2.24) is 4.57 Å². The van der Waals surface area contributed by atoms with E-state index < -0.39 is 0 Å². The first kappa shape index (κ1) is 12.1. The molecule has 1 aromatic carbocycles. The number of aromatic nitrogens is 1. The van der Waals surface area contributed by atoms with Gasteiger partial charge in [-0.15, -0.1) is 0 Å². The Morgan fingerprint density at radius 3 is 2.56 bits per heavy atom. The van der Waals surface area contributed by atoms with E-state index in [1.165, 1.54) is 22.8 Å². The summed E-state index contributed by atoms with van der Waals surface area (Å²) in [4.78, 5) is 15.3. The summed E-state index contributed by atoms with van der Waals surface area (Å²) in [5.41, 5.74) is 1.42. The molecule has 0 bridgehead atoms. The number of hydrogen-bond acceptors (Lipinski definition) is 1. The summed E-state index contributed by atoms with van der Waals surface area (Å²) < 4.78 is 14.6. The standard InChI is InChI=1S/C14H11FN2O/c1-9-8-11(5-6-12(9)15)17-10(2)4-7-13(16-3)14(17)18/h4-8H,1-2H3. The van der Waals surface area contributed by atoms with E-state index in [1.54, 1.807) is 26.0 Å². The Morgan fingerprint density at radius 2 is 1.94 bits per heavy atom.